The van der Waals surface area contributed by atoms with E-state index in [1.165, 1.54) is 18.2 Å². The Balaban J connectivity index is 1.59. The maximum Gasteiger partial charge on any atom is 0.321 e. The maximum absolute atomic E-state index is 12.3. The smallest absolute Gasteiger partial charge is 0.321 e. The fraction of sp³-hybridized carbons (Fsp3) is 0.357. The first-order valence-corrected chi connectivity index (χ1v) is 10.1. The first kappa shape index (κ1) is 18.8. The van der Waals surface area contributed by atoms with Crippen LogP contribution in [0.2, 0.25) is 4.34 Å². The van der Waals surface area contributed by atoms with Crippen LogP contribution in [0.1, 0.15) is 12.1 Å². The summed E-state index contributed by atoms with van der Waals surface area (Å²) in [4.78, 5) is 11.7. The molecule has 2 heterocycles. The largest absolute Gasteiger partial charge is 0.490 e. The molecule has 1 aliphatic heterocycles. The first-order valence-electron chi connectivity index (χ1n) is 7.47. The van der Waals surface area contributed by atoms with Crippen molar-refractivity contribution in [1.82, 2.24) is 14.3 Å². The van der Waals surface area contributed by atoms with Gasteiger partial charge in [-0.1, -0.05) is 16.1 Å². The Morgan fingerprint density at radius 2 is 2.08 bits per heavy atom. The van der Waals surface area contributed by atoms with Crippen LogP contribution in [0.5, 0.6) is 11.5 Å². The summed E-state index contributed by atoms with van der Waals surface area (Å²) in [6.45, 7) is 0.220. The van der Waals surface area contributed by atoms with Crippen molar-refractivity contribution in [2.75, 3.05) is 19.8 Å². The number of carbonyl (C=O) groups is 1. The highest BCUT2D eigenvalue weighted by atomic mass is 35.5. The third-order valence-corrected chi connectivity index (χ3v) is 5.70. The number of sulfonamides is 1. The molecule has 12 heteroatoms. The predicted octanol–water partition coefficient (Wildman–Crippen LogP) is 1.37. The molecule has 9 nitrogen and oxygen atoms in total. The number of esters is 1. The molecule has 0 unspecified atom stereocenters. The summed E-state index contributed by atoms with van der Waals surface area (Å²) in [6, 6.07) is 4.25. The van der Waals surface area contributed by atoms with Gasteiger partial charge in [0, 0.05) is 24.0 Å². The van der Waals surface area contributed by atoms with Gasteiger partial charge in [0.25, 0.3) is 0 Å². The maximum atomic E-state index is 12.3. The molecule has 1 aromatic heterocycles. The van der Waals surface area contributed by atoms with Crippen molar-refractivity contribution < 1.29 is 27.4 Å². The number of hydrogen-bond acceptors (Lipinski definition) is 9. The highest BCUT2D eigenvalue weighted by Gasteiger charge is 2.20. The Kier molecular flexibility index (Phi) is 5.91. The van der Waals surface area contributed by atoms with E-state index >= 15 is 0 Å². The summed E-state index contributed by atoms with van der Waals surface area (Å²) in [7, 11) is -3.92. The molecule has 0 radical (unpaired) electrons. The highest BCUT2D eigenvalue weighted by Crippen LogP contribution is 2.31. The topological polar surface area (TPSA) is 117 Å². The monoisotopic (exact) mass is 419 g/mol. The lowest BCUT2D eigenvalue weighted by Gasteiger charge is -2.10. The van der Waals surface area contributed by atoms with E-state index in [-0.39, 0.29) is 11.5 Å². The van der Waals surface area contributed by atoms with Gasteiger partial charge in [-0.3, -0.25) is 4.79 Å². The van der Waals surface area contributed by atoms with Crippen molar-refractivity contribution in [2.24, 2.45) is 0 Å². The van der Waals surface area contributed by atoms with Crippen molar-refractivity contribution in [1.29, 1.82) is 0 Å². The lowest BCUT2D eigenvalue weighted by atomic mass is 10.3. The number of hydrogen-bond donors (Lipinski definition) is 1. The quantitative estimate of drug-likeness (QED) is 0.698. The SMILES string of the molecule is O=C(CNS(=O)(=O)c1ccc2c(c1)OCCCO2)OCc1nnsc1Cl. The highest BCUT2D eigenvalue weighted by molar-refractivity contribution is 7.89. The zero-order valence-corrected chi connectivity index (χ0v) is 15.7. The van der Waals surface area contributed by atoms with Crippen molar-refractivity contribution in [3.63, 3.8) is 0 Å². The number of nitrogens with one attached hydrogen (secondary N) is 1. The third kappa shape index (κ3) is 4.61. The summed E-state index contributed by atoms with van der Waals surface area (Å²) in [5, 5.41) is 3.69. The number of nitrogens with zero attached hydrogens (tertiary/aromatic N) is 2. The van der Waals surface area contributed by atoms with Crippen molar-refractivity contribution in [3.05, 3.63) is 28.2 Å². The number of ether oxygens (including phenoxy) is 3. The molecule has 0 fully saturated rings. The fourth-order valence-electron chi connectivity index (χ4n) is 2.03. The van der Waals surface area contributed by atoms with Crippen LogP contribution in [0.3, 0.4) is 0 Å². The van der Waals surface area contributed by atoms with E-state index < -0.39 is 22.5 Å². The summed E-state index contributed by atoms with van der Waals surface area (Å²) >= 11 is 6.75. The molecule has 1 aromatic carbocycles. The molecule has 0 amide bonds. The molecule has 2 aromatic rings. The summed E-state index contributed by atoms with van der Waals surface area (Å²) in [5.41, 5.74) is 0.316. The van der Waals surface area contributed by atoms with Crippen LogP contribution in [-0.4, -0.2) is 43.7 Å². The standard InChI is InChI=1S/C14H14ClN3O6S2/c15-14-10(17-18-25-14)8-24-13(19)7-16-26(20,21)9-2-3-11-12(6-9)23-5-1-4-22-11/h2-3,6,16H,1,4-5,7-8H2. The van der Waals surface area contributed by atoms with Crippen LogP contribution in [-0.2, 0) is 26.2 Å². The van der Waals surface area contributed by atoms with E-state index in [1.54, 1.807) is 0 Å². The minimum atomic E-state index is -3.92. The second-order valence-corrected chi connectivity index (χ2v) is 8.26. The molecule has 0 spiro atoms. The lowest BCUT2D eigenvalue weighted by Crippen LogP contribution is -2.30. The van der Waals surface area contributed by atoms with Gasteiger partial charge in [-0.25, -0.2) is 8.42 Å². The van der Waals surface area contributed by atoms with E-state index in [1.807, 2.05) is 0 Å². The predicted molar refractivity (Wildman–Crippen MR) is 92.0 cm³/mol. The molecular weight excluding hydrogens is 406 g/mol. The van der Waals surface area contributed by atoms with Gasteiger partial charge in [-0.15, -0.1) is 5.10 Å². The Morgan fingerprint density at radius 1 is 1.31 bits per heavy atom. The van der Waals surface area contributed by atoms with E-state index in [2.05, 4.69) is 14.3 Å². The van der Waals surface area contributed by atoms with Gasteiger partial charge in [0.2, 0.25) is 10.0 Å². The van der Waals surface area contributed by atoms with Gasteiger partial charge >= 0.3 is 5.97 Å². The van der Waals surface area contributed by atoms with Crippen LogP contribution in [0.15, 0.2) is 23.1 Å². The number of rotatable bonds is 6. The summed E-state index contributed by atoms with van der Waals surface area (Å²) in [5.74, 6) is 0.0558. The number of benzene rings is 1. The first-order chi connectivity index (χ1) is 12.5. The van der Waals surface area contributed by atoms with Gasteiger partial charge < -0.3 is 14.2 Å². The number of halogens is 1. The summed E-state index contributed by atoms with van der Waals surface area (Å²) in [6.07, 6.45) is 0.708. The number of aromatic nitrogens is 2. The molecule has 0 bridgehead atoms. The molecule has 0 aliphatic carbocycles. The normalized spacial score (nSPS) is 13.9. The zero-order valence-electron chi connectivity index (χ0n) is 13.3. The van der Waals surface area contributed by atoms with E-state index in [9.17, 15) is 13.2 Å². The summed E-state index contributed by atoms with van der Waals surface area (Å²) < 4.78 is 46.6. The van der Waals surface area contributed by atoms with Crippen LogP contribution in [0.25, 0.3) is 0 Å². The minimum absolute atomic E-state index is 0.0405. The average molecular weight is 420 g/mol. The van der Waals surface area contributed by atoms with Gasteiger partial charge in [-0.2, -0.15) is 4.72 Å². The second-order valence-electron chi connectivity index (χ2n) is 5.14. The molecule has 1 aliphatic rings. The molecular formula is C14H14ClN3O6S2. The number of fused-ring (bicyclic) bond motifs is 1. The Labute approximate surface area is 158 Å². The van der Waals surface area contributed by atoms with Gasteiger partial charge in [0.05, 0.1) is 18.1 Å². The van der Waals surface area contributed by atoms with Crippen molar-refractivity contribution >= 4 is 39.1 Å². The van der Waals surface area contributed by atoms with E-state index in [0.29, 0.717) is 41.2 Å². The Bertz CT molecular complexity index is 902. The van der Waals surface area contributed by atoms with Crippen molar-refractivity contribution in [2.45, 2.75) is 17.9 Å². The van der Waals surface area contributed by atoms with Gasteiger partial charge in [-0.05, 0) is 12.1 Å². The molecule has 0 atom stereocenters. The molecule has 0 saturated carbocycles. The molecule has 140 valence electrons. The Morgan fingerprint density at radius 3 is 2.81 bits per heavy atom. The van der Waals surface area contributed by atoms with E-state index in [4.69, 9.17) is 25.8 Å². The van der Waals surface area contributed by atoms with Crippen LogP contribution >= 0.6 is 23.1 Å². The van der Waals surface area contributed by atoms with Crippen LogP contribution in [0, 0.1) is 0 Å². The second kappa shape index (κ2) is 8.16. The molecule has 1 N–H and O–H groups in total. The van der Waals surface area contributed by atoms with Gasteiger partial charge in [0.15, 0.2) is 11.5 Å². The Hall–Kier alpha value is -1.95. The molecule has 0 saturated heterocycles. The van der Waals surface area contributed by atoms with Gasteiger partial charge in [0.1, 0.15) is 23.2 Å². The molecule has 3 rings (SSSR count). The van der Waals surface area contributed by atoms with E-state index in [0.717, 1.165) is 11.5 Å². The minimum Gasteiger partial charge on any atom is -0.490 e. The molecule has 26 heavy (non-hydrogen) atoms. The number of carbonyl (C=O) groups excluding carboxylic acids is 1. The van der Waals surface area contributed by atoms with Crippen LogP contribution in [0.4, 0.5) is 0 Å². The third-order valence-electron chi connectivity index (χ3n) is 3.32. The van der Waals surface area contributed by atoms with Crippen molar-refractivity contribution in [3.8, 4) is 11.5 Å². The average Bonchev–Trinajstić information content (AvgIpc) is 2.89. The zero-order chi connectivity index (χ0) is 18.6. The lowest BCUT2D eigenvalue weighted by molar-refractivity contribution is -0.143. The fourth-order valence-corrected chi connectivity index (χ4v) is 3.62. The van der Waals surface area contributed by atoms with Crippen LogP contribution < -0.4 is 14.2 Å².